The molecular weight excluding hydrogens is 272 g/mol. The van der Waals surface area contributed by atoms with Gasteiger partial charge in [0.2, 0.25) is 11.8 Å². The molecule has 0 spiro atoms. The minimum absolute atomic E-state index is 0.279. The van der Waals surface area contributed by atoms with Crippen molar-refractivity contribution < 1.29 is 19.1 Å². The second-order valence-electron chi connectivity index (χ2n) is 5.02. The van der Waals surface area contributed by atoms with Crippen molar-refractivity contribution >= 4 is 11.8 Å². The Kier molecular flexibility index (Phi) is 5.16. The molecule has 1 saturated heterocycles. The Morgan fingerprint density at radius 3 is 2.95 bits per heavy atom. The van der Waals surface area contributed by atoms with E-state index in [-0.39, 0.29) is 5.91 Å². The van der Waals surface area contributed by atoms with Crippen LogP contribution in [0.3, 0.4) is 0 Å². The molecule has 0 aromatic heterocycles. The van der Waals surface area contributed by atoms with Gasteiger partial charge in [-0.05, 0) is 30.5 Å². The van der Waals surface area contributed by atoms with Crippen LogP contribution < -0.4 is 15.8 Å². The molecule has 1 aromatic rings. The van der Waals surface area contributed by atoms with Gasteiger partial charge in [-0.15, -0.1) is 0 Å². The first kappa shape index (κ1) is 15.3. The van der Waals surface area contributed by atoms with E-state index in [0.29, 0.717) is 25.2 Å². The molecule has 0 unspecified atom stereocenters. The van der Waals surface area contributed by atoms with E-state index in [9.17, 15) is 9.59 Å². The summed E-state index contributed by atoms with van der Waals surface area (Å²) < 4.78 is 10.4. The zero-order valence-electron chi connectivity index (χ0n) is 12.0. The van der Waals surface area contributed by atoms with E-state index in [2.05, 4.69) is 5.32 Å². The van der Waals surface area contributed by atoms with Gasteiger partial charge < -0.3 is 20.5 Å². The highest BCUT2D eigenvalue weighted by Gasteiger charge is 2.27. The fourth-order valence-corrected chi connectivity index (χ4v) is 2.31. The first-order valence-electron chi connectivity index (χ1n) is 6.94. The first-order chi connectivity index (χ1) is 10.1. The molecule has 3 N–H and O–H groups in total. The summed E-state index contributed by atoms with van der Waals surface area (Å²) >= 11 is 0. The first-order valence-corrected chi connectivity index (χ1v) is 6.94. The Morgan fingerprint density at radius 2 is 2.33 bits per heavy atom. The molecule has 2 amide bonds. The molecule has 0 aliphatic carbocycles. The Balaban J connectivity index is 2.01. The molecule has 21 heavy (non-hydrogen) atoms. The molecule has 1 fully saturated rings. The lowest BCUT2D eigenvalue weighted by Crippen LogP contribution is -2.49. The van der Waals surface area contributed by atoms with Crippen molar-refractivity contribution in [2.45, 2.75) is 31.4 Å². The summed E-state index contributed by atoms with van der Waals surface area (Å²) in [5, 5.41) is 2.67. The van der Waals surface area contributed by atoms with Crippen molar-refractivity contribution in [3.05, 3.63) is 29.8 Å². The number of nitrogens with one attached hydrogen (secondary N) is 1. The third-order valence-corrected chi connectivity index (χ3v) is 3.46. The van der Waals surface area contributed by atoms with Crippen molar-refractivity contribution in [1.29, 1.82) is 0 Å². The summed E-state index contributed by atoms with van der Waals surface area (Å²) in [5.74, 6) is -0.149. The molecule has 1 heterocycles. The minimum Gasteiger partial charge on any atom is -0.497 e. The van der Waals surface area contributed by atoms with Crippen LogP contribution in [0.15, 0.2) is 24.3 Å². The van der Waals surface area contributed by atoms with E-state index in [0.717, 1.165) is 12.0 Å². The Bertz CT molecular complexity index is 512. The molecule has 114 valence electrons. The van der Waals surface area contributed by atoms with Gasteiger partial charge in [0.05, 0.1) is 7.11 Å². The van der Waals surface area contributed by atoms with Gasteiger partial charge in [0.1, 0.15) is 17.9 Å². The quantitative estimate of drug-likeness (QED) is 0.793. The molecule has 0 bridgehead atoms. The number of methoxy groups -OCH3 is 1. The second kappa shape index (κ2) is 7.08. The molecular formula is C15H20N2O4. The summed E-state index contributed by atoms with van der Waals surface area (Å²) in [4.78, 5) is 23.5. The van der Waals surface area contributed by atoms with Crippen LogP contribution >= 0.6 is 0 Å². The van der Waals surface area contributed by atoms with Crippen LogP contribution in [0.2, 0.25) is 0 Å². The number of hydrogen-bond donors (Lipinski definition) is 2. The van der Waals surface area contributed by atoms with Gasteiger partial charge in [-0.2, -0.15) is 0 Å². The second-order valence-corrected chi connectivity index (χ2v) is 5.02. The maximum Gasteiger partial charge on any atom is 0.249 e. The van der Waals surface area contributed by atoms with Gasteiger partial charge in [-0.25, -0.2) is 0 Å². The van der Waals surface area contributed by atoms with Crippen LogP contribution in [-0.2, 0) is 20.7 Å². The zero-order valence-corrected chi connectivity index (χ0v) is 12.0. The van der Waals surface area contributed by atoms with Gasteiger partial charge >= 0.3 is 0 Å². The highest BCUT2D eigenvalue weighted by molar-refractivity contribution is 5.88. The van der Waals surface area contributed by atoms with E-state index in [1.165, 1.54) is 0 Å². The van der Waals surface area contributed by atoms with Crippen LogP contribution in [0, 0.1) is 0 Å². The highest BCUT2D eigenvalue weighted by atomic mass is 16.5. The van der Waals surface area contributed by atoms with Gasteiger partial charge in [-0.1, -0.05) is 12.1 Å². The Labute approximate surface area is 123 Å². The third-order valence-electron chi connectivity index (χ3n) is 3.46. The number of ether oxygens (including phenoxy) is 2. The number of rotatable bonds is 6. The number of primary amides is 1. The van der Waals surface area contributed by atoms with Crippen molar-refractivity contribution in [3.8, 4) is 5.75 Å². The number of hydrogen-bond acceptors (Lipinski definition) is 4. The summed E-state index contributed by atoms with van der Waals surface area (Å²) in [5.41, 5.74) is 6.24. The summed E-state index contributed by atoms with van der Waals surface area (Å²) in [6.45, 7) is 0.579. The van der Waals surface area contributed by atoms with E-state index >= 15 is 0 Å². The fourth-order valence-electron chi connectivity index (χ4n) is 2.31. The van der Waals surface area contributed by atoms with Gasteiger partial charge in [0.15, 0.2) is 0 Å². The number of carbonyl (C=O) groups excluding carboxylic acids is 2. The molecule has 2 atom stereocenters. The monoisotopic (exact) mass is 292 g/mol. The third kappa shape index (κ3) is 4.19. The van der Waals surface area contributed by atoms with Crippen LogP contribution in [0.25, 0.3) is 0 Å². The number of carbonyl (C=O) groups is 2. The standard InChI is InChI=1S/C15H20N2O4/c1-20-11-5-2-4-10(8-11)9-12(14(16)18)17-15(19)13-6-3-7-21-13/h2,4-5,8,12-13H,3,6-7,9H2,1H3,(H2,16,18)(H,17,19)/t12-,13-/m1/s1. The van der Waals surface area contributed by atoms with E-state index in [1.807, 2.05) is 24.3 Å². The SMILES string of the molecule is COc1cccc(C[C@@H](NC(=O)[C@H]2CCCO2)C(N)=O)c1. The minimum atomic E-state index is -0.756. The molecule has 6 heteroatoms. The van der Waals surface area contributed by atoms with Crippen molar-refractivity contribution in [1.82, 2.24) is 5.32 Å². The molecule has 1 aromatic carbocycles. The molecule has 0 saturated carbocycles. The van der Waals surface area contributed by atoms with Crippen molar-refractivity contribution in [2.24, 2.45) is 5.73 Å². The lowest BCUT2D eigenvalue weighted by Gasteiger charge is -2.18. The fraction of sp³-hybridized carbons (Fsp3) is 0.467. The molecule has 1 aliphatic rings. The maximum atomic E-state index is 12.0. The molecule has 2 rings (SSSR count). The smallest absolute Gasteiger partial charge is 0.249 e. The number of amides is 2. The van der Waals surface area contributed by atoms with Crippen LogP contribution in [0.5, 0.6) is 5.75 Å². The molecule has 6 nitrogen and oxygen atoms in total. The van der Waals surface area contributed by atoms with E-state index in [1.54, 1.807) is 7.11 Å². The number of benzene rings is 1. The predicted octanol–water partition coefficient (Wildman–Crippen LogP) is 0.387. The zero-order chi connectivity index (χ0) is 15.2. The summed E-state index contributed by atoms with van der Waals surface area (Å²) in [7, 11) is 1.57. The van der Waals surface area contributed by atoms with Gasteiger partial charge in [0, 0.05) is 13.0 Å². The van der Waals surface area contributed by atoms with E-state index in [4.69, 9.17) is 15.2 Å². The average Bonchev–Trinajstić information content (AvgIpc) is 3.01. The van der Waals surface area contributed by atoms with Crippen LogP contribution in [0.4, 0.5) is 0 Å². The van der Waals surface area contributed by atoms with E-state index < -0.39 is 18.1 Å². The Hall–Kier alpha value is -2.08. The van der Waals surface area contributed by atoms with Crippen LogP contribution in [0.1, 0.15) is 18.4 Å². The Morgan fingerprint density at radius 1 is 1.52 bits per heavy atom. The number of nitrogens with two attached hydrogens (primary N) is 1. The lowest BCUT2D eigenvalue weighted by molar-refractivity contribution is -0.133. The largest absolute Gasteiger partial charge is 0.497 e. The average molecular weight is 292 g/mol. The van der Waals surface area contributed by atoms with Gasteiger partial charge in [-0.3, -0.25) is 9.59 Å². The normalized spacial score (nSPS) is 19.0. The topological polar surface area (TPSA) is 90.7 Å². The molecule has 0 radical (unpaired) electrons. The maximum absolute atomic E-state index is 12.0. The summed E-state index contributed by atoms with van der Waals surface area (Å²) in [6.07, 6.45) is 1.38. The van der Waals surface area contributed by atoms with Crippen molar-refractivity contribution in [3.63, 3.8) is 0 Å². The highest BCUT2D eigenvalue weighted by Crippen LogP contribution is 2.15. The molecule has 1 aliphatic heterocycles. The van der Waals surface area contributed by atoms with Gasteiger partial charge in [0.25, 0.3) is 0 Å². The predicted molar refractivity (Wildman–Crippen MR) is 76.8 cm³/mol. The summed E-state index contributed by atoms with van der Waals surface area (Å²) in [6, 6.07) is 6.56. The van der Waals surface area contributed by atoms with Crippen LogP contribution in [-0.4, -0.2) is 37.7 Å². The van der Waals surface area contributed by atoms with Crippen molar-refractivity contribution in [2.75, 3.05) is 13.7 Å². The lowest BCUT2D eigenvalue weighted by atomic mass is 10.0.